The van der Waals surface area contributed by atoms with Crippen LogP contribution in [-0.4, -0.2) is 53.8 Å². The van der Waals surface area contributed by atoms with Crippen LogP contribution in [0.2, 0.25) is 0 Å². The number of nitrogens with one attached hydrogen (secondary N) is 1. The molecule has 1 aromatic heterocycles. The number of fused-ring (bicyclic) bond motifs is 1. The SMILES string of the molecule is CN1CCC[C@H](NC(=O)N(Cc2cccnc2)Cc2ccc3c(c2)OCO3)C1. The highest BCUT2D eigenvalue weighted by Gasteiger charge is 2.23. The summed E-state index contributed by atoms with van der Waals surface area (Å²) in [6.45, 7) is 3.20. The van der Waals surface area contributed by atoms with Crippen molar-refractivity contribution in [3.05, 3.63) is 53.9 Å². The minimum Gasteiger partial charge on any atom is -0.454 e. The first-order valence-electron chi connectivity index (χ1n) is 9.69. The van der Waals surface area contributed by atoms with E-state index in [2.05, 4.69) is 22.2 Å². The number of likely N-dealkylation sites (tertiary alicyclic amines) is 1. The number of benzene rings is 1. The number of nitrogens with zero attached hydrogens (tertiary/aromatic N) is 3. The van der Waals surface area contributed by atoms with E-state index >= 15 is 0 Å². The van der Waals surface area contributed by atoms with Crippen LogP contribution in [0.15, 0.2) is 42.7 Å². The summed E-state index contributed by atoms with van der Waals surface area (Å²) in [6.07, 6.45) is 5.66. The molecule has 1 saturated heterocycles. The minimum absolute atomic E-state index is 0.0539. The second kappa shape index (κ2) is 8.48. The molecule has 2 aliphatic rings. The van der Waals surface area contributed by atoms with Gasteiger partial charge in [-0.2, -0.15) is 0 Å². The highest BCUT2D eigenvalue weighted by molar-refractivity contribution is 5.74. The van der Waals surface area contributed by atoms with Crippen LogP contribution in [-0.2, 0) is 13.1 Å². The van der Waals surface area contributed by atoms with E-state index in [1.165, 1.54) is 0 Å². The predicted molar refractivity (Wildman–Crippen MR) is 105 cm³/mol. The maximum Gasteiger partial charge on any atom is 0.318 e. The molecule has 1 aromatic carbocycles. The van der Waals surface area contributed by atoms with Gasteiger partial charge in [-0.3, -0.25) is 4.98 Å². The Morgan fingerprint density at radius 2 is 2.11 bits per heavy atom. The highest BCUT2D eigenvalue weighted by Crippen LogP contribution is 2.33. The number of aromatic nitrogens is 1. The van der Waals surface area contributed by atoms with E-state index in [1.54, 1.807) is 12.4 Å². The monoisotopic (exact) mass is 382 g/mol. The van der Waals surface area contributed by atoms with Crippen LogP contribution < -0.4 is 14.8 Å². The lowest BCUT2D eigenvalue weighted by atomic mass is 10.1. The number of ether oxygens (including phenoxy) is 2. The van der Waals surface area contributed by atoms with E-state index in [4.69, 9.17) is 9.47 Å². The highest BCUT2D eigenvalue weighted by atomic mass is 16.7. The largest absolute Gasteiger partial charge is 0.454 e. The van der Waals surface area contributed by atoms with Crippen molar-refractivity contribution in [2.75, 3.05) is 26.9 Å². The molecule has 1 atom stereocenters. The molecule has 0 bridgehead atoms. The zero-order valence-electron chi connectivity index (χ0n) is 16.1. The van der Waals surface area contributed by atoms with E-state index < -0.39 is 0 Å². The zero-order chi connectivity index (χ0) is 19.3. The second-order valence-electron chi connectivity index (χ2n) is 7.46. The van der Waals surface area contributed by atoms with Gasteiger partial charge in [-0.05, 0) is 55.8 Å². The molecule has 28 heavy (non-hydrogen) atoms. The van der Waals surface area contributed by atoms with Crippen LogP contribution in [0.4, 0.5) is 4.79 Å². The molecule has 2 aromatic rings. The normalized spacial score (nSPS) is 18.7. The standard InChI is InChI=1S/C21H26N4O3/c1-24-9-3-5-18(14-24)23-21(26)25(13-17-4-2-8-22-11-17)12-16-6-7-19-20(10-16)28-15-27-19/h2,4,6-8,10-11,18H,3,5,9,12-15H2,1H3,(H,23,26)/t18-/m0/s1. The molecule has 1 N–H and O–H groups in total. The number of piperidine rings is 1. The average molecular weight is 382 g/mol. The van der Waals surface area contributed by atoms with Gasteiger partial charge in [0.25, 0.3) is 0 Å². The zero-order valence-corrected chi connectivity index (χ0v) is 16.1. The van der Waals surface area contributed by atoms with Crippen LogP contribution in [0.5, 0.6) is 11.5 Å². The molecule has 0 radical (unpaired) electrons. The summed E-state index contributed by atoms with van der Waals surface area (Å²) in [6, 6.07) is 9.82. The molecule has 4 rings (SSSR count). The lowest BCUT2D eigenvalue weighted by Gasteiger charge is -2.32. The van der Waals surface area contributed by atoms with Gasteiger partial charge >= 0.3 is 6.03 Å². The summed E-state index contributed by atoms with van der Waals surface area (Å²) in [5.41, 5.74) is 2.00. The van der Waals surface area contributed by atoms with Crippen molar-refractivity contribution in [3.63, 3.8) is 0 Å². The Hall–Kier alpha value is -2.80. The molecule has 2 aliphatic heterocycles. The maximum atomic E-state index is 13.1. The number of rotatable bonds is 5. The van der Waals surface area contributed by atoms with Crippen LogP contribution in [0.25, 0.3) is 0 Å². The Bertz CT molecular complexity index is 815. The Morgan fingerprint density at radius 1 is 1.25 bits per heavy atom. The van der Waals surface area contributed by atoms with Crippen molar-refractivity contribution in [1.82, 2.24) is 20.1 Å². The Labute approximate surface area is 165 Å². The first-order chi connectivity index (χ1) is 13.7. The van der Waals surface area contributed by atoms with Crippen LogP contribution in [0.3, 0.4) is 0 Å². The number of hydrogen-bond acceptors (Lipinski definition) is 5. The van der Waals surface area contributed by atoms with Crippen LogP contribution in [0, 0.1) is 0 Å². The molecule has 148 valence electrons. The van der Waals surface area contributed by atoms with Crippen molar-refractivity contribution in [3.8, 4) is 11.5 Å². The maximum absolute atomic E-state index is 13.1. The van der Waals surface area contributed by atoms with Gasteiger partial charge in [0.15, 0.2) is 11.5 Å². The molecular formula is C21H26N4O3. The molecule has 0 unspecified atom stereocenters. The third-order valence-electron chi connectivity index (χ3n) is 5.15. The van der Waals surface area contributed by atoms with E-state index in [0.29, 0.717) is 13.1 Å². The number of carbonyl (C=O) groups excluding carboxylic acids is 1. The van der Waals surface area contributed by atoms with E-state index in [1.807, 2.05) is 35.2 Å². The van der Waals surface area contributed by atoms with Gasteiger partial charge in [0.05, 0.1) is 0 Å². The number of likely N-dealkylation sites (N-methyl/N-ethyl adjacent to an activating group) is 1. The smallest absolute Gasteiger partial charge is 0.318 e. The van der Waals surface area contributed by atoms with Gasteiger partial charge in [0.2, 0.25) is 6.79 Å². The van der Waals surface area contributed by atoms with Gasteiger partial charge in [-0.25, -0.2) is 4.79 Å². The van der Waals surface area contributed by atoms with Crippen molar-refractivity contribution < 1.29 is 14.3 Å². The number of carbonyl (C=O) groups is 1. The third-order valence-corrected chi connectivity index (χ3v) is 5.15. The summed E-state index contributed by atoms with van der Waals surface area (Å²) in [4.78, 5) is 21.3. The van der Waals surface area contributed by atoms with Gasteiger partial charge in [-0.1, -0.05) is 12.1 Å². The molecule has 2 amide bonds. The predicted octanol–water partition coefficient (Wildman–Crippen LogP) is 2.62. The quantitative estimate of drug-likeness (QED) is 0.861. The first kappa shape index (κ1) is 18.6. The number of urea groups is 1. The Morgan fingerprint density at radius 3 is 2.93 bits per heavy atom. The fourth-order valence-corrected chi connectivity index (χ4v) is 3.72. The third kappa shape index (κ3) is 4.54. The Balaban J connectivity index is 1.48. The van der Waals surface area contributed by atoms with E-state index in [0.717, 1.165) is 48.6 Å². The van der Waals surface area contributed by atoms with Crippen molar-refractivity contribution in [2.45, 2.75) is 32.0 Å². The van der Waals surface area contributed by atoms with Gasteiger partial charge in [-0.15, -0.1) is 0 Å². The van der Waals surface area contributed by atoms with Crippen LogP contribution in [0.1, 0.15) is 24.0 Å². The average Bonchev–Trinajstić information content (AvgIpc) is 3.16. The minimum atomic E-state index is -0.0539. The topological polar surface area (TPSA) is 66.9 Å². The van der Waals surface area contributed by atoms with Crippen molar-refractivity contribution in [1.29, 1.82) is 0 Å². The van der Waals surface area contributed by atoms with Crippen LogP contribution >= 0.6 is 0 Å². The molecule has 0 spiro atoms. The number of amides is 2. The second-order valence-corrected chi connectivity index (χ2v) is 7.46. The first-order valence-corrected chi connectivity index (χ1v) is 9.69. The summed E-state index contributed by atoms with van der Waals surface area (Å²) in [5, 5.41) is 3.21. The van der Waals surface area contributed by atoms with Gasteiger partial charge in [0.1, 0.15) is 0 Å². The molecule has 7 nitrogen and oxygen atoms in total. The number of hydrogen-bond donors (Lipinski definition) is 1. The van der Waals surface area contributed by atoms with E-state index in [-0.39, 0.29) is 18.9 Å². The van der Waals surface area contributed by atoms with E-state index in [9.17, 15) is 4.79 Å². The van der Waals surface area contributed by atoms with Crippen molar-refractivity contribution >= 4 is 6.03 Å². The molecule has 1 fully saturated rings. The number of pyridine rings is 1. The summed E-state index contributed by atoms with van der Waals surface area (Å²) >= 11 is 0. The van der Waals surface area contributed by atoms with Gasteiger partial charge in [0, 0.05) is 38.1 Å². The van der Waals surface area contributed by atoms with Crippen molar-refractivity contribution in [2.24, 2.45) is 0 Å². The molecule has 0 aliphatic carbocycles. The molecule has 0 saturated carbocycles. The molecule has 7 heteroatoms. The lowest BCUT2D eigenvalue weighted by molar-refractivity contribution is 0.172. The summed E-state index contributed by atoms with van der Waals surface area (Å²) in [7, 11) is 2.10. The summed E-state index contributed by atoms with van der Waals surface area (Å²) in [5.74, 6) is 1.48. The Kier molecular flexibility index (Phi) is 5.62. The molecular weight excluding hydrogens is 356 g/mol. The molecule has 3 heterocycles. The van der Waals surface area contributed by atoms with Gasteiger partial charge < -0.3 is 24.6 Å². The summed E-state index contributed by atoms with van der Waals surface area (Å²) < 4.78 is 10.9. The fourth-order valence-electron chi connectivity index (χ4n) is 3.72. The lowest BCUT2D eigenvalue weighted by Crippen LogP contribution is -2.50. The fraction of sp³-hybridized carbons (Fsp3) is 0.429.